The lowest BCUT2D eigenvalue weighted by Crippen LogP contribution is -2.02. The largest absolute Gasteiger partial charge is 0.505 e. The van der Waals surface area contributed by atoms with Gasteiger partial charge in [0.15, 0.2) is 5.75 Å². The molecule has 1 N–H and O–H groups in total. The molecule has 0 aliphatic heterocycles. The van der Waals surface area contributed by atoms with E-state index in [2.05, 4.69) is 27.8 Å². The highest BCUT2D eigenvalue weighted by Gasteiger charge is 2.16. The summed E-state index contributed by atoms with van der Waals surface area (Å²) in [6, 6.07) is 9.27. The number of thiol groups is 1. The summed E-state index contributed by atoms with van der Waals surface area (Å²) in [5, 5.41) is 31.3. The second-order valence-electron chi connectivity index (χ2n) is 5.64. The van der Waals surface area contributed by atoms with Gasteiger partial charge in [-0.1, -0.05) is 0 Å². The van der Waals surface area contributed by atoms with Gasteiger partial charge in [-0.15, -0.1) is 15.0 Å². The van der Waals surface area contributed by atoms with E-state index in [1.165, 1.54) is 29.2 Å². The van der Waals surface area contributed by atoms with Crippen molar-refractivity contribution in [3.63, 3.8) is 0 Å². The Kier molecular flexibility index (Phi) is 4.24. The van der Waals surface area contributed by atoms with E-state index in [0.717, 1.165) is 0 Å². The van der Waals surface area contributed by atoms with Crippen molar-refractivity contribution in [3.05, 3.63) is 52.7 Å². The Bertz CT molecular complexity index is 1180. The van der Waals surface area contributed by atoms with Crippen LogP contribution in [0, 0.1) is 10.1 Å². The summed E-state index contributed by atoms with van der Waals surface area (Å²) >= 11 is 4.11. The molecular weight excluding hydrogens is 370 g/mol. The highest BCUT2D eigenvalue weighted by molar-refractivity contribution is 7.80. The molecule has 0 saturated carbocycles. The second kappa shape index (κ2) is 6.72. The number of aromatic hydroxyl groups is 1. The molecule has 2 aromatic carbocycles. The summed E-state index contributed by atoms with van der Waals surface area (Å²) in [5.74, 6) is 0.899. The third kappa shape index (κ3) is 2.99. The summed E-state index contributed by atoms with van der Waals surface area (Å²) in [6.45, 7) is 0.391. The number of nitro benzene ring substituents is 1. The van der Waals surface area contributed by atoms with Crippen LogP contribution < -0.4 is 4.74 Å². The minimum absolute atomic E-state index is 0.0413. The Morgan fingerprint density at radius 3 is 2.74 bits per heavy atom. The number of hydrogen-bond donors (Lipinski definition) is 2. The summed E-state index contributed by atoms with van der Waals surface area (Å²) < 4.78 is 5.55. The van der Waals surface area contributed by atoms with Gasteiger partial charge < -0.3 is 9.84 Å². The second-order valence-corrected chi connectivity index (χ2v) is 6.08. The van der Waals surface area contributed by atoms with Gasteiger partial charge in [-0.3, -0.25) is 10.1 Å². The van der Waals surface area contributed by atoms with Crippen molar-refractivity contribution >= 4 is 40.1 Å². The number of hydrogen-bond acceptors (Lipinski definition) is 8. The van der Waals surface area contributed by atoms with Crippen molar-refractivity contribution in [1.82, 2.24) is 20.0 Å². The fraction of sp³-hybridized carbons (Fsp3) is 0.118. The number of phenolic OH excluding ortho intramolecular Hbond substituents is 1. The van der Waals surface area contributed by atoms with Gasteiger partial charge in [0.2, 0.25) is 5.88 Å². The fourth-order valence-electron chi connectivity index (χ4n) is 2.74. The highest BCUT2D eigenvalue weighted by Crippen LogP contribution is 2.34. The molecule has 27 heavy (non-hydrogen) atoms. The SMILES string of the molecule is O=[N+]([O-])c1ccc2nn(-c3ccc4c(OCCS)nccc4c3O)nc2c1. The van der Waals surface area contributed by atoms with E-state index in [9.17, 15) is 15.2 Å². The molecule has 0 aliphatic carbocycles. The summed E-state index contributed by atoms with van der Waals surface area (Å²) in [5.41, 5.74) is 1.10. The third-order valence-corrected chi connectivity index (χ3v) is 4.16. The molecule has 2 aromatic heterocycles. The quantitative estimate of drug-likeness (QED) is 0.309. The Morgan fingerprint density at radius 1 is 1.15 bits per heavy atom. The first-order chi connectivity index (χ1) is 13.1. The van der Waals surface area contributed by atoms with Crippen LogP contribution in [0.15, 0.2) is 42.6 Å². The van der Waals surface area contributed by atoms with E-state index in [1.807, 2.05) is 0 Å². The van der Waals surface area contributed by atoms with E-state index < -0.39 is 4.92 Å². The number of pyridine rings is 1. The number of nitrogens with zero attached hydrogens (tertiary/aromatic N) is 5. The predicted octanol–water partition coefficient (Wildman–Crippen LogP) is 2.89. The lowest BCUT2D eigenvalue weighted by atomic mass is 10.1. The standard InChI is InChI=1S/C17H13N5O4S/c23-16-11-5-6-18-17(26-7-8-27)12(11)2-4-15(16)21-19-13-3-1-10(22(24)25)9-14(13)20-21/h1-6,9,23,27H,7-8H2. The molecule has 0 fully saturated rings. The van der Waals surface area contributed by atoms with Crippen LogP contribution in [0.25, 0.3) is 27.5 Å². The predicted molar refractivity (Wildman–Crippen MR) is 102 cm³/mol. The van der Waals surface area contributed by atoms with Crippen LogP contribution in [0.1, 0.15) is 0 Å². The molecule has 10 heteroatoms. The first-order valence-corrected chi connectivity index (χ1v) is 8.58. The van der Waals surface area contributed by atoms with Gasteiger partial charge in [0, 0.05) is 34.9 Å². The third-order valence-electron chi connectivity index (χ3n) is 3.98. The first-order valence-electron chi connectivity index (χ1n) is 7.94. The Balaban J connectivity index is 1.83. The number of ether oxygens (including phenoxy) is 1. The van der Waals surface area contributed by atoms with Crippen LogP contribution in [0.5, 0.6) is 11.6 Å². The van der Waals surface area contributed by atoms with Crippen LogP contribution in [-0.4, -0.2) is 42.4 Å². The van der Waals surface area contributed by atoms with Crippen LogP contribution in [0.2, 0.25) is 0 Å². The molecule has 0 aliphatic rings. The maximum absolute atomic E-state index is 10.9. The maximum Gasteiger partial charge on any atom is 0.271 e. The lowest BCUT2D eigenvalue weighted by Gasteiger charge is -2.10. The van der Waals surface area contributed by atoms with Gasteiger partial charge in [-0.05, 0) is 24.3 Å². The van der Waals surface area contributed by atoms with Crippen molar-refractivity contribution in [1.29, 1.82) is 0 Å². The van der Waals surface area contributed by atoms with Crippen LogP contribution in [0.4, 0.5) is 5.69 Å². The van der Waals surface area contributed by atoms with Crippen LogP contribution >= 0.6 is 12.6 Å². The van der Waals surface area contributed by atoms with Crippen molar-refractivity contribution < 1.29 is 14.8 Å². The molecule has 0 amide bonds. The van der Waals surface area contributed by atoms with E-state index in [-0.39, 0.29) is 11.4 Å². The van der Waals surface area contributed by atoms with Crippen molar-refractivity contribution in [2.75, 3.05) is 12.4 Å². The molecule has 136 valence electrons. The van der Waals surface area contributed by atoms with Crippen molar-refractivity contribution in [3.8, 4) is 17.3 Å². The topological polar surface area (TPSA) is 116 Å². The molecule has 0 spiro atoms. The summed E-state index contributed by atoms with van der Waals surface area (Å²) in [4.78, 5) is 15.8. The van der Waals surface area contributed by atoms with E-state index in [0.29, 0.717) is 45.7 Å². The fourth-order valence-corrected chi connectivity index (χ4v) is 2.84. The zero-order valence-electron chi connectivity index (χ0n) is 13.8. The number of aromatic nitrogens is 4. The number of non-ortho nitro benzene ring substituents is 1. The minimum atomic E-state index is -0.495. The minimum Gasteiger partial charge on any atom is -0.505 e. The molecule has 0 atom stereocenters. The molecule has 0 radical (unpaired) electrons. The Hall–Kier alpha value is -3.40. The zero-order chi connectivity index (χ0) is 19.0. The number of phenols is 1. The van der Waals surface area contributed by atoms with Gasteiger partial charge in [0.25, 0.3) is 5.69 Å². The van der Waals surface area contributed by atoms with E-state index in [4.69, 9.17) is 4.74 Å². The highest BCUT2D eigenvalue weighted by atomic mass is 32.1. The summed E-state index contributed by atoms with van der Waals surface area (Å²) in [7, 11) is 0. The molecule has 2 heterocycles. The zero-order valence-corrected chi connectivity index (χ0v) is 14.7. The Labute approximate surface area is 157 Å². The molecule has 0 saturated heterocycles. The number of rotatable bonds is 5. The van der Waals surface area contributed by atoms with Gasteiger partial charge in [0.05, 0.1) is 11.5 Å². The normalized spacial score (nSPS) is 11.1. The lowest BCUT2D eigenvalue weighted by molar-refractivity contribution is -0.384. The number of fused-ring (bicyclic) bond motifs is 2. The molecule has 4 rings (SSSR count). The molecule has 0 bridgehead atoms. The number of nitro groups is 1. The van der Waals surface area contributed by atoms with Gasteiger partial charge in [-0.25, -0.2) is 4.98 Å². The average Bonchev–Trinajstić information content (AvgIpc) is 3.09. The Morgan fingerprint density at radius 2 is 1.96 bits per heavy atom. The summed E-state index contributed by atoms with van der Waals surface area (Å²) in [6.07, 6.45) is 1.54. The van der Waals surface area contributed by atoms with Gasteiger partial charge in [-0.2, -0.15) is 12.6 Å². The average molecular weight is 383 g/mol. The van der Waals surface area contributed by atoms with Crippen LogP contribution in [0.3, 0.4) is 0 Å². The molecule has 9 nitrogen and oxygen atoms in total. The monoisotopic (exact) mass is 383 g/mol. The van der Waals surface area contributed by atoms with Gasteiger partial charge in [0.1, 0.15) is 16.7 Å². The molecular formula is C17H13N5O4S. The van der Waals surface area contributed by atoms with Crippen molar-refractivity contribution in [2.24, 2.45) is 0 Å². The maximum atomic E-state index is 10.9. The van der Waals surface area contributed by atoms with E-state index >= 15 is 0 Å². The van der Waals surface area contributed by atoms with Gasteiger partial charge >= 0.3 is 0 Å². The smallest absolute Gasteiger partial charge is 0.271 e. The van der Waals surface area contributed by atoms with Crippen LogP contribution in [-0.2, 0) is 0 Å². The number of benzene rings is 2. The van der Waals surface area contributed by atoms with E-state index in [1.54, 1.807) is 18.2 Å². The first kappa shape index (κ1) is 17.0. The van der Waals surface area contributed by atoms with Crippen molar-refractivity contribution in [2.45, 2.75) is 0 Å². The molecule has 4 aromatic rings. The molecule has 0 unspecified atom stereocenters.